The Kier molecular flexibility index (Phi) is 9.89. The molecule has 0 amide bonds. The summed E-state index contributed by atoms with van der Waals surface area (Å²) >= 11 is 1.78. The van der Waals surface area contributed by atoms with Crippen LogP contribution in [-0.4, -0.2) is 52.2 Å². The van der Waals surface area contributed by atoms with Crippen molar-refractivity contribution in [2.45, 2.75) is 37.6 Å². The van der Waals surface area contributed by atoms with Gasteiger partial charge in [0.2, 0.25) is 0 Å². The van der Waals surface area contributed by atoms with E-state index in [2.05, 4.69) is 47.0 Å². The first-order valence-electron chi connectivity index (χ1n) is 9.46. The molecule has 1 aromatic carbocycles. The topological polar surface area (TPSA) is 54.9 Å². The number of nitrogens with one attached hydrogen (secondary N) is 2. The molecule has 0 unspecified atom stereocenters. The molecule has 1 aliphatic heterocycles. The highest BCUT2D eigenvalue weighted by Gasteiger charge is 2.13. The van der Waals surface area contributed by atoms with Crippen LogP contribution in [0.25, 0.3) is 0 Å². The molecule has 1 aromatic rings. The lowest BCUT2D eigenvalue weighted by Gasteiger charge is -2.21. The number of benzene rings is 1. The van der Waals surface area contributed by atoms with Gasteiger partial charge in [-0.1, -0.05) is 12.1 Å². The SMILES string of the molecule is CN=C(NCCCOCC1CCOCC1)NCc1ccc(C)cc1SC. The summed E-state index contributed by atoms with van der Waals surface area (Å²) in [7, 11) is 1.81. The molecule has 6 heteroatoms. The number of rotatable bonds is 9. The molecule has 0 aliphatic carbocycles. The van der Waals surface area contributed by atoms with Crippen LogP contribution in [0.4, 0.5) is 0 Å². The van der Waals surface area contributed by atoms with Crippen molar-refractivity contribution in [1.29, 1.82) is 0 Å². The Labute approximate surface area is 162 Å². The Morgan fingerprint density at radius 3 is 2.85 bits per heavy atom. The predicted molar refractivity (Wildman–Crippen MR) is 110 cm³/mol. The van der Waals surface area contributed by atoms with Gasteiger partial charge in [-0.25, -0.2) is 0 Å². The molecule has 2 rings (SSSR count). The maximum absolute atomic E-state index is 5.80. The molecule has 26 heavy (non-hydrogen) atoms. The molecule has 1 saturated heterocycles. The summed E-state index contributed by atoms with van der Waals surface area (Å²) in [6, 6.07) is 6.57. The number of hydrogen-bond donors (Lipinski definition) is 2. The van der Waals surface area contributed by atoms with Crippen molar-refractivity contribution < 1.29 is 9.47 Å². The Morgan fingerprint density at radius 2 is 2.12 bits per heavy atom. The molecule has 0 aromatic heterocycles. The van der Waals surface area contributed by atoms with Crippen LogP contribution in [0.2, 0.25) is 0 Å². The van der Waals surface area contributed by atoms with Crippen LogP contribution in [0.1, 0.15) is 30.4 Å². The molecule has 0 saturated carbocycles. The summed E-state index contributed by atoms with van der Waals surface area (Å²) in [5, 5.41) is 6.75. The fourth-order valence-electron chi connectivity index (χ4n) is 2.94. The van der Waals surface area contributed by atoms with E-state index in [1.807, 2.05) is 7.05 Å². The smallest absolute Gasteiger partial charge is 0.191 e. The zero-order chi connectivity index (χ0) is 18.6. The van der Waals surface area contributed by atoms with Gasteiger partial charge in [0, 0.05) is 51.5 Å². The van der Waals surface area contributed by atoms with Gasteiger partial charge in [-0.3, -0.25) is 4.99 Å². The van der Waals surface area contributed by atoms with E-state index >= 15 is 0 Å². The van der Waals surface area contributed by atoms with Crippen molar-refractivity contribution in [3.8, 4) is 0 Å². The van der Waals surface area contributed by atoms with Gasteiger partial charge in [-0.05, 0) is 55.6 Å². The molecule has 5 nitrogen and oxygen atoms in total. The van der Waals surface area contributed by atoms with Crippen molar-refractivity contribution in [1.82, 2.24) is 10.6 Å². The maximum Gasteiger partial charge on any atom is 0.191 e. The van der Waals surface area contributed by atoms with E-state index in [0.717, 1.165) is 64.7 Å². The molecule has 0 spiro atoms. The molecule has 2 N–H and O–H groups in total. The fourth-order valence-corrected chi connectivity index (χ4v) is 3.65. The van der Waals surface area contributed by atoms with Gasteiger partial charge in [0.25, 0.3) is 0 Å². The van der Waals surface area contributed by atoms with Crippen LogP contribution in [0, 0.1) is 12.8 Å². The Hall–Kier alpha value is -1.24. The minimum Gasteiger partial charge on any atom is -0.381 e. The quantitative estimate of drug-likeness (QED) is 0.299. The summed E-state index contributed by atoms with van der Waals surface area (Å²) in [5.41, 5.74) is 2.59. The third kappa shape index (κ3) is 7.56. The number of nitrogens with zero attached hydrogens (tertiary/aromatic N) is 1. The van der Waals surface area contributed by atoms with Gasteiger partial charge < -0.3 is 20.1 Å². The number of thioether (sulfide) groups is 1. The highest BCUT2D eigenvalue weighted by molar-refractivity contribution is 7.98. The average molecular weight is 380 g/mol. The number of hydrogen-bond acceptors (Lipinski definition) is 4. The number of aliphatic imine (C=N–C) groups is 1. The zero-order valence-corrected chi connectivity index (χ0v) is 17.2. The predicted octanol–water partition coefficient (Wildman–Crippen LogP) is 3.22. The van der Waals surface area contributed by atoms with E-state index in [4.69, 9.17) is 9.47 Å². The molecule has 0 radical (unpaired) electrons. The highest BCUT2D eigenvalue weighted by atomic mass is 32.2. The van der Waals surface area contributed by atoms with Crippen LogP contribution >= 0.6 is 11.8 Å². The molecule has 1 aliphatic rings. The van der Waals surface area contributed by atoms with Crippen LogP contribution in [0.5, 0.6) is 0 Å². The van der Waals surface area contributed by atoms with Crippen LogP contribution in [-0.2, 0) is 16.0 Å². The monoisotopic (exact) mass is 379 g/mol. The lowest BCUT2D eigenvalue weighted by atomic mass is 10.0. The molecular formula is C20H33N3O2S. The first-order valence-corrected chi connectivity index (χ1v) is 10.7. The van der Waals surface area contributed by atoms with Crippen molar-refractivity contribution in [2.75, 3.05) is 46.3 Å². The summed E-state index contributed by atoms with van der Waals surface area (Å²) in [6.45, 7) is 7.18. The normalized spacial score (nSPS) is 15.9. The molecule has 0 bridgehead atoms. The molecular weight excluding hydrogens is 346 g/mol. The molecule has 1 heterocycles. The maximum atomic E-state index is 5.80. The van der Waals surface area contributed by atoms with Crippen molar-refractivity contribution in [3.05, 3.63) is 29.3 Å². The van der Waals surface area contributed by atoms with Gasteiger partial charge in [0.15, 0.2) is 5.96 Å². The van der Waals surface area contributed by atoms with Gasteiger partial charge in [-0.2, -0.15) is 0 Å². The van der Waals surface area contributed by atoms with E-state index < -0.39 is 0 Å². The van der Waals surface area contributed by atoms with Crippen LogP contribution in [0.15, 0.2) is 28.1 Å². The minimum absolute atomic E-state index is 0.672. The van der Waals surface area contributed by atoms with Gasteiger partial charge >= 0.3 is 0 Å². The Morgan fingerprint density at radius 1 is 1.31 bits per heavy atom. The lowest BCUT2D eigenvalue weighted by Crippen LogP contribution is -2.37. The van der Waals surface area contributed by atoms with Gasteiger partial charge in [0.05, 0.1) is 0 Å². The van der Waals surface area contributed by atoms with Crippen molar-refractivity contribution >= 4 is 17.7 Å². The molecule has 1 fully saturated rings. The van der Waals surface area contributed by atoms with E-state index in [9.17, 15) is 0 Å². The molecule has 0 atom stereocenters. The summed E-state index contributed by atoms with van der Waals surface area (Å²) in [5.74, 6) is 1.51. The lowest BCUT2D eigenvalue weighted by molar-refractivity contribution is 0.0203. The zero-order valence-electron chi connectivity index (χ0n) is 16.3. The largest absolute Gasteiger partial charge is 0.381 e. The standard InChI is InChI=1S/C20H33N3O2S/c1-16-5-6-18(19(13-16)26-3)14-23-20(21-2)22-9-4-10-25-15-17-7-11-24-12-8-17/h5-6,13,17H,4,7-12,14-15H2,1-3H3,(H2,21,22,23). The van der Waals surface area contributed by atoms with E-state index in [1.54, 1.807) is 11.8 Å². The summed E-state index contributed by atoms with van der Waals surface area (Å²) in [4.78, 5) is 5.61. The van der Waals surface area contributed by atoms with Gasteiger partial charge in [-0.15, -0.1) is 11.8 Å². The highest BCUT2D eigenvalue weighted by Crippen LogP contribution is 2.21. The second-order valence-electron chi connectivity index (χ2n) is 6.65. The summed E-state index contributed by atoms with van der Waals surface area (Å²) in [6.07, 6.45) is 5.36. The van der Waals surface area contributed by atoms with Crippen molar-refractivity contribution in [2.24, 2.45) is 10.9 Å². The van der Waals surface area contributed by atoms with Crippen LogP contribution < -0.4 is 10.6 Å². The van der Waals surface area contributed by atoms with Crippen LogP contribution in [0.3, 0.4) is 0 Å². The second kappa shape index (κ2) is 12.2. The Balaban J connectivity index is 1.60. The number of aryl methyl sites for hydroxylation is 1. The van der Waals surface area contributed by atoms with Gasteiger partial charge in [0.1, 0.15) is 0 Å². The van der Waals surface area contributed by atoms with E-state index in [-0.39, 0.29) is 0 Å². The second-order valence-corrected chi connectivity index (χ2v) is 7.50. The van der Waals surface area contributed by atoms with E-state index in [1.165, 1.54) is 16.0 Å². The van der Waals surface area contributed by atoms with Crippen molar-refractivity contribution in [3.63, 3.8) is 0 Å². The first kappa shape index (κ1) is 21.1. The minimum atomic E-state index is 0.672. The number of guanidine groups is 1. The Bertz CT molecular complexity index is 560. The number of ether oxygens (including phenoxy) is 2. The third-order valence-corrected chi connectivity index (χ3v) is 5.38. The third-order valence-electron chi connectivity index (χ3n) is 4.56. The van der Waals surface area contributed by atoms with E-state index in [0.29, 0.717) is 5.92 Å². The summed E-state index contributed by atoms with van der Waals surface area (Å²) < 4.78 is 11.2. The fraction of sp³-hybridized carbons (Fsp3) is 0.650. The average Bonchev–Trinajstić information content (AvgIpc) is 2.68. The molecule has 146 valence electrons. The first-order chi connectivity index (χ1) is 12.7.